The van der Waals surface area contributed by atoms with Crippen LogP contribution in [0.5, 0.6) is 0 Å². The summed E-state index contributed by atoms with van der Waals surface area (Å²) in [6.45, 7) is 10.3. The number of hydrogen-bond donors (Lipinski definition) is 0. The van der Waals surface area contributed by atoms with E-state index < -0.39 is 5.72 Å². The molecule has 0 aromatic rings. The van der Waals surface area contributed by atoms with Crippen LogP contribution < -0.4 is 0 Å². The molecule has 0 rings (SSSR count). The van der Waals surface area contributed by atoms with Gasteiger partial charge in [-0.05, 0) is 26.7 Å². The summed E-state index contributed by atoms with van der Waals surface area (Å²) in [7, 11) is 1.68. The standard InChI is InChI=1S/C10H22N2O/c1-8(2)7-10(5,13-6)12-11-9(3)4/h8-9H,7H2,1-6H3. The minimum Gasteiger partial charge on any atom is -0.356 e. The Morgan fingerprint density at radius 1 is 1.23 bits per heavy atom. The van der Waals surface area contributed by atoms with Crippen molar-refractivity contribution in [3.63, 3.8) is 0 Å². The van der Waals surface area contributed by atoms with Gasteiger partial charge in [0.1, 0.15) is 0 Å². The number of hydrogen-bond acceptors (Lipinski definition) is 3. The molecule has 3 heteroatoms. The molecule has 0 aliphatic carbocycles. The first-order valence-electron chi connectivity index (χ1n) is 4.87. The largest absolute Gasteiger partial charge is 0.356 e. The highest BCUT2D eigenvalue weighted by molar-refractivity contribution is 4.71. The lowest BCUT2D eigenvalue weighted by Gasteiger charge is -2.24. The Morgan fingerprint density at radius 2 is 1.77 bits per heavy atom. The van der Waals surface area contributed by atoms with Crippen molar-refractivity contribution in [1.82, 2.24) is 0 Å². The molecule has 0 saturated heterocycles. The Hall–Kier alpha value is -0.440. The molecular weight excluding hydrogens is 164 g/mol. The van der Waals surface area contributed by atoms with Crippen molar-refractivity contribution >= 4 is 0 Å². The molecule has 0 bridgehead atoms. The molecule has 13 heavy (non-hydrogen) atoms. The van der Waals surface area contributed by atoms with Crippen LogP contribution in [0.25, 0.3) is 0 Å². The summed E-state index contributed by atoms with van der Waals surface area (Å²) in [5.41, 5.74) is -0.446. The van der Waals surface area contributed by atoms with Gasteiger partial charge in [0, 0.05) is 13.5 Å². The third-order valence-electron chi connectivity index (χ3n) is 1.73. The van der Waals surface area contributed by atoms with Gasteiger partial charge >= 0.3 is 0 Å². The van der Waals surface area contributed by atoms with Crippen LogP contribution in [0.2, 0.25) is 0 Å². The normalized spacial score (nSPS) is 17.2. The van der Waals surface area contributed by atoms with E-state index in [1.165, 1.54) is 0 Å². The van der Waals surface area contributed by atoms with E-state index in [1.807, 2.05) is 20.8 Å². The van der Waals surface area contributed by atoms with Crippen LogP contribution >= 0.6 is 0 Å². The lowest BCUT2D eigenvalue weighted by Crippen LogP contribution is -2.26. The molecule has 0 heterocycles. The van der Waals surface area contributed by atoms with Crippen molar-refractivity contribution in [2.24, 2.45) is 16.1 Å². The third-order valence-corrected chi connectivity index (χ3v) is 1.73. The van der Waals surface area contributed by atoms with Crippen LogP contribution in [0.3, 0.4) is 0 Å². The first-order chi connectivity index (χ1) is 5.89. The van der Waals surface area contributed by atoms with E-state index in [0.29, 0.717) is 5.92 Å². The highest BCUT2D eigenvalue weighted by atomic mass is 16.5. The number of rotatable bonds is 5. The predicted octanol–water partition coefficient (Wildman–Crippen LogP) is 3.26. The molecule has 0 aliphatic rings. The highest BCUT2D eigenvalue weighted by Crippen LogP contribution is 2.22. The van der Waals surface area contributed by atoms with E-state index in [2.05, 4.69) is 24.1 Å². The second-order valence-corrected chi connectivity index (χ2v) is 4.29. The number of azo groups is 1. The summed E-state index contributed by atoms with van der Waals surface area (Å²) in [5.74, 6) is 0.566. The zero-order valence-electron chi connectivity index (χ0n) is 9.66. The molecule has 0 radical (unpaired) electrons. The fraction of sp³-hybridized carbons (Fsp3) is 1.00. The van der Waals surface area contributed by atoms with Gasteiger partial charge in [-0.2, -0.15) is 10.2 Å². The maximum atomic E-state index is 5.34. The van der Waals surface area contributed by atoms with Crippen molar-refractivity contribution in [3.05, 3.63) is 0 Å². The molecule has 0 aliphatic heterocycles. The summed E-state index contributed by atoms with van der Waals surface area (Å²) < 4.78 is 5.34. The Balaban J connectivity index is 4.27. The van der Waals surface area contributed by atoms with Crippen molar-refractivity contribution < 1.29 is 4.74 Å². The van der Waals surface area contributed by atoms with Gasteiger partial charge < -0.3 is 4.74 Å². The van der Waals surface area contributed by atoms with Crippen molar-refractivity contribution in [1.29, 1.82) is 0 Å². The molecule has 0 amide bonds. The van der Waals surface area contributed by atoms with Crippen LogP contribution in [-0.4, -0.2) is 18.9 Å². The van der Waals surface area contributed by atoms with Crippen LogP contribution in [0, 0.1) is 5.92 Å². The van der Waals surface area contributed by atoms with Gasteiger partial charge in [-0.3, -0.25) is 0 Å². The van der Waals surface area contributed by atoms with Crippen LogP contribution in [0.15, 0.2) is 10.2 Å². The number of ether oxygens (including phenoxy) is 1. The van der Waals surface area contributed by atoms with Gasteiger partial charge in [0.15, 0.2) is 5.72 Å². The van der Waals surface area contributed by atoms with Crippen molar-refractivity contribution in [3.8, 4) is 0 Å². The van der Waals surface area contributed by atoms with Gasteiger partial charge in [0.05, 0.1) is 6.04 Å². The van der Waals surface area contributed by atoms with E-state index in [1.54, 1.807) is 7.11 Å². The second-order valence-electron chi connectivity index (χ2n) is 4.29. The Morgan fingerprint density at radius 3 is 2.08 bits per heavy atom. The first kappa shape index (κ1) is 12.6. The zero-order valence-corrected chi connectivity index (χ0v) is 9.66. The molecule has 0 fully saturated rings. The summed E-state index contributed by atoms with van der Waals surface area (Å²) in [4.78, 5) is 0. The van der Waals surface area contributed by atoms with Crippen molar-refractivity contribution in [2.75, 3.05) is 7.11 Å². The monoisotopic (exact) mass is 186 g/mol. The van der Waals surface area contributed by atoms with E-state index in [-0.39, 0.29) is 6.04 Å². The van der Waals surface area contributed by atoms with Gasteiger partial charge in [-0.25, -0.2) is 0 Å². The molecule has 0 saturated carbocycles. The lowest BCUT2D eigenvalue weighted by atomic mass is 10.0. The Bertz CT molecular complexity index is 166. The van der Waals surface area contributed by atoms with E-state index in [0.717, 1.165) is 6.42 Å². The van der Waals surface area contributed by atoms with Crippen LogP contribution in [-0.2, 0) is 4.74 Å². The molecule has 0 spiro atoms. The average molecular weight is 186 g/mol. The molecule has 1 atom stereocenters. The minimum absolute atomic E-state index is 0.238. The average Bonchev–Trinajstić information content (AvgIpc) is 2.00. The third kappa shape index (κ3) is 5.75. The maximum absolute atomic E-state index is 5.34. The molecular formula is C10H22N2O. The summed E-state index contributed by atoms with van der Waals surface area (Å²) in [6.07, 6.45) is 0.903. The minimum atomic E-state index is -0.446. The molecule has 0 N–H and O–H groups in total. The van der Waals surface area contributed by atoms with Gasteiger partial charge in [0.25, 0.3) is 0 Å². The maximum Gasteiger partial charge on any atom is 0.175 e. The van der Waals surface area contributed by atoms with Crippen molar-refractivity contribution in [2.45, 2.75) is 52.8 Å². The van der Waals surface area contributed by atoms with Gasteiger partial charge in [0.2, 0.25) is 0 Å². The van der Waals surface area contributed by atoms with E-state index in [9.17, 15) is 0 Å². The smallest absolute Gasteiger partial charge is 0.175 e. The van der Waals surface area contributed by atoms with Gasteiger partial charge in [-0.1, -0.05) is 13.8 Å². The predicted molar refractivity (Wildman–Crippen MR) is 54.9 cm³/mol. The zero-order chi connectivity index (χ0) is 10.5. The lowest BCUT2D eigenvalue weighted by molar-refractivity contribution is -0.0100. The van der Waals surface area contributed by atoms with E-state index in [4.69, 9.17) is 4.74 Å². The molecule has 78 valence electrons. The Kier molecular flexibility index (Phi) is 5.14. The summed E-state index contributed by atoms with van der Waals surface area (Å²) in [6, 6.07) is 0.238. The molecule has 0 aromatic heterocycles. The second kappa shape index (κ2) is 5.32. The van der Waals surface area contributed by atoms with Crippen LogP contribution in [0.4, 0.5) is 0 Å². The van der Waals surface area contributed by atoms with Gasteiger partial charge in [-0.15, -0.1) is 0 Å². The quantitative estimate of drug-likeness (QED) is 0.607. The topological polar surface area (TPSA) is 34.0 Å². The Labute approximate surface area is 81.6 Å². The number of methoxy groups -OCH3 is 1. The molecule has 1 unspecified atom stereocenters. The fourth-order valence-corrected chi connectivity index (χ4v) is 1.16. The van der Waals surface area contributed by atoms with E-state index >= 15 is 0 Å². The molecule has 0 aromatic carbocycles. The fourth-order valence-electron chi connectivity index (χ4n) is 1.16. The summed E-state index contributed by atoms with van der Waals surface area (Å²) in [5, 5.41) is 8.34. The SMILES string of the molecule is COC(C)(CC(C)C)N=NC(C)C. The van der Waals surface area contributed by atoms with Crippen LogP contribution in [0.1, 0.15) is 41.0 Å². The molecule has 3 nitrogen and oxygen atoms in total. The summed E-state index contributed by atoms with van der Waals surface area (Å²) >= 11 is 0. The highest BCUT2D eigenvalue weighted by Gasteiger charge is 2.24. The first-order valence-corrected chi connectivity index (χ1v) is 4.87. The number of nitrogens with zero attached hydrogens (tertiary/aromatic N) is 2.